The van der Waals surface area contributed by atoms with E-state index in [-0.39, 0.29) is 0 Å². The van der Waals surface area contributed by atoms with Crippen molar-refractivity contribution in [1.29, 1.82) is 0 Å². The highest BCUT2D eigenvalue weighted by molar-refractivity contribution is 5.91. The number of primary amides is 1. The molecule has 1 aliphatic carbocycles. The number of aromatic nitrogens is 2. The van der Waals surface area contributed by atoms with Crippen LogP contribution in [0.2, 0.25) is 0 Å². The normalized spacial score (nSPS) is 13.7. The van der Waals surface area contributed by atoms with E-state index in [0.717, 1.165) is 5.69 Å². The van der Waals surface area contributed by atoms with Crippen LogP contribution in [0.3, 0.4) is 0 Å². The summed E-state index contributed by atoms with van der Waals surface area (Å²) in [7, 11) is 3.75. The number of nitrogens with one attached hydrogen (secondary N) is 1. The molecule has 1 aromatic rings. The van der Waals surface area contributed by atoms with Crippen LogP contribution in [0.1, 0.15) is 81.4 Å². The number of amides is 1. The van der Waals surface area contributed by atoms with Gasteiger partial charge in [-0.3, -0.25) is 9.48 Å². The van der Waals surface area contributed by atoms with E-state index in [1.807, 2.05) is 34.9 Å². The number of hydrogen-bond donors (Lipinski definition) is 2. The summed E-state index contributed by atoms with van der Waals surface area (Å²) < 4.78 is 1.64. The second-order valence-electron chi connectivity index (χ2n) is 5.91. The zero-order valence-corrected chi connectivity index (χ0v) is 15.0. The highest BCUT2D eigenvalue weighted by atomic mass is 16.1. The third-order valence-corrected chi connectivity index (χ3v) is 3.44. The molecule has 2 rings (SSSR count). The molecule has 1 saturated carbocycles. The van der Waals surface area contributed by atoms with Crippen LogP contribution in [0.25, 0.3) is 0 Å². The molecule has 0 bridgehead atoms. The van der Waals surface area contributed by atoms with E-state index < -0.39 is 5.91 Å². The molecule has 5 heteroatoms. The van der Waals surface area contributed by atoms with Crippen LogP contribution in [0.15, 0.2) is 6.07 Å². The first-order valence-electron chi connectivity index (χ1n) is 8.43. The SMILES string of the molecule is C1CCCCC1.CCn1nc(C(C)C)cc1C(N)=O.CNC. The molecule has 1 heterocycles. The number of nitrogens with two attached hydrogens (primary N) is 1. The van der Waals surface area contributed by atoms with Crippen LogP contribution in [0.5, 0.6) is 0 Å². The summed E-state index contributed by atoms with van der Waals surface area (Å²) in [6.07, 6.45) is 9.00. The third-order valence-electron chi connectivity index (χ3n) is 3.44. The first-order chi connectivity index (χ1) is 10.5. The summed E-state index contributed by atoms with van der Waals surface area (Å²) in [6, 6.07) is 1.76. The monoisotopic (exact) mass is 310 g/mol. The standard InChI is InChI=1S/C9H15N3O.C6H12.C2H7N/c1-4-12-8(9(10)13)5-7(11-12)6(2)3;1-2-4-6-5-3-1;1-3-2/h5-6H,4H2,1-3H3,(H2,10,13);1-6H2;3H,1-2H3. The van der Waals surface area contributed by atoms with Crippen LogP contribution >= 0.6 is 0 Å². The highest BCUT2D eigenvalue weighted by Gasteiger charge is 2.12. The van der Waals surface area contributed by atoms with E-state index in [2.05, 4.69) is 10.4 Å². The van der Waals surface area contributed by atoms with Gasteiger partial charge >= 0.3 is 0 Å². The van der Waals surface area contributed by atoms with Gasteiger partial charge in [0.1, 0.15) is 5.69 Å². The summed E-state index contributed by atoms with van der Waals surface area (Å²) in [5.74, 6) is -0.0906. The fourth-order valence-electron chi connectivity index (χ4n) is 2.22. The third kappa shape index (κ3) is 8.17. The minimum atomic E-state index is -0.416. The maximum atomic E-state index is 11.0. The average Bonchev–Trinajstić information content (AvgIpc) is 2.95. The number of carbonyl (C=O) groups is 1. The number of carbonyl (C=O) groups excluding carboxylic acids is 1. The Morgan fingerprint density at radius 2 is 1.64 bits per heavy atom. The molecular weight excluding hydrogens is 276 g/mol. The van der Waals surface area contributed by atoms with E-state index in [1.54, 1.807) is 10.7 Å². The fourth-order valence-corrected chi connectivity index (χ4v) is 2.22. The molecule has 0 saturated heterocycles. The molecule has 0 spiro atoms. The lowest BCUT2D eigenvalue weighted by Crippen LogP contribution is -2.16. The van der Waals surface area contributed by atoms with Gasteiger partial charge in [0.25, 0.3) is 5.91 Å². The number of nitrogens with zero attached hydrogens (tertiary/aromatic N) is 2. The minimum absolute atomic E-state index is 0.325. The van der Waals surface area contributed by atoms with Gasteiger partial charge in [-0.05, 0) is 33.0 Å². The first kappa shape index (κ1) is 20.6. The van der Waals surface area contributed by atoms with E-state index >= 15 is 0 Å². The van der Waals surface area contributed by atoms with Crippen molar-refractivity contribution in [2.24, 2.45) is 5.73 Å². The molecule has 3 N–H and O–H groups in total. The summed E-state index contributed by atoms with van der Waals surface area (Å²) in [6.45, 7) is 6.68. The summed E-state index contributed by atoms with van der Waals surface area (Å²) >= 11 is 0. The lowest BCUT2D eigenvalue weighted by Gasteiger charge is -2.05. The van der Waals surface area contributed by atoms with Gasteiger partial charge in [-0.1, -0.05) is 52.4 Å². The van der Waals surface area contributed by atoms with E-state index in [1.165, 1.54) is 38.5 Å². The van der Waals surface area contributed by atoms with Crippen LogP contribution in [0, 0.1) is 0 Å². The van der Waals surface area contributed by atoms with Gasteiger partial charge in [0.05, 0.1) is 5.69 Å². The number of rotatable bonds is 3. The fraction of sp³-hybridized carbons (Fsp3) is 0.765. The Hall–Kier alpha value is -1.36. The molecule has 0 unspecified atom stereocenters. The van der Waals surface area contributed by atoms with Crippen molar-refractivity contribution < 1.29 is 4.79 Å². The lowest BCUT2D eigenvalue weighted by molar-refractivity contribution is 0.0990. The maximum Gasteiger partial charge on any atom is 0.266 e. The smallest absolute Gasteiger partial charge is 0.266 e. The van der Waals surface area contributed by atoms with Crippen molar-refractivity contribution in [3.8, 4) is 0 Å². The topological polar surface area (TPSA) is 72.9 Å². The molecule has 0 aliphatic heterocycles. The Bertz CT molecular complexity index is 397. The Morgan fingerprint density at radius 1 is 1.23 bits per heavy atom. The molecule has 0 radical (unpaired) electrons. The molecule has 1 fully saturated rings. The molecule has 0 atom stereocenters. The van der Waals surface area contributed by atoms with Crippen molar-refractivity contribution in [2.75, 3.05) is 14.1 Å². The quantitative estimate of drug-likeness (QED) is 0.899. The Labute approximate surface area is 135 Å². The average molecular weight is 310 g/mol. The van der Waals surface area contributed by atoms with Crippen molar-refractivity contribution >= 4 is 5.91 Å². The highest BCUT2D eigenvalue weighted by Crippen LogP contribution is 2.15. The molecular formula is C17H34N4O. The zero-order chi connectivity index (χ0) is 17.0. The van der Waals surface area contributed by atoms with Crippen molar-refractivity contribution in [3.63, 3.8) is 0 Å². The van der Waals surface area contributed by atoms with Crippen LogP contribution < -0.4 is 11.1 Å². The predicted molar refractivity (Wildman–Crippen MR) is 93.2 cm³/mol. The van der Waals surface area contributed by atoms with E-state index in [9.17, 15) is 4.79 Å². The van der Waals surface area contributed by atoms with Gasteiger partial charge in [0.15, 0.2) is 0 Å². The summed E-state index contributed by atoms with van der Waals surface area (Å²) in [5, 5.41) is 7.02. The van der Waals surface area contributed by atoms with E-state index in [0.29, 0.717) is 18.2 Å². The second-order valence-corrected chi connectivity index (χ2v) is 5.91. The largest absolute Gasteiger partial charge is 0.364 e. The van der Waals surface area contributed by atoms with Crippen molar-refractivity contribution in [3.05, 3.63) is 17.5 Å². The Kier molecular flexibility index (Phi) is 11.5. The first-order valence-corrected chi connectivity index (χ1v) is 8.43. The van der Waals surface area contributed by atoms with Gasteiger partial charge in [-0.15, -0.1) is 0 Å². The number of hydrogen-bond acceptors (Lipinski definition) is 3. The van der Waals surface area contributed by atoms with E-state index in [4.69, 9.17) is 5.73 Å². The van der Waals surface area contributed by atoms with Crippen molar-refractivity contribution in [2.45, 2.75) is 71.8 Å². The maximum absolute atomic E-state index is 11.0. The van der Waals surface area contributed by atoms with Crippen LogP contribution in [-0.2, 0) is 6.54 Å². The second kappa shape index (κ2) is 12.2. The molecule has 5 nitrogen and oxygen atoms in total. The van der Waals surface area contributed by atoms with Gasteiger partial charge in [0, 0.05) is 6.54 Å². The number of aryl methyl sites for hydroxylation is 1. The van der Waals surface area contributed by atoms with Gasteiger partial charge in [0.2, 0.25) is 0 Å². The molecule has 1 aromatic heterocycles. The zero-order valence-electron chi connectivity index (χ0n) is 15.0. The molecule has 22 heavy (non-hydrogen) atoms. The summed E-state index contributed by atoms with van der Waals surface area (Å²) in [5.41, 5.74) is 6.61. The van der Waals surface area contributed by atoms with Crippen LogP contribution in [-0.4, -0.2) is 29.8 Å². The van der Waals surface area contributed by atoms with Gasteiger partial charge < -0.3 is 11.1 Å². The van der Waals surface area contributed by atoms with Gasteiger partial charge in [-0.25, -0.2) is 0 Å². The molecule has 0 aromatic carbocycles. The minimum Gasteiger partial charge on any atom is -0.364 e. The Balaban J connectivity index is 0.000000404. The van der Waals surface area contributed by atoms with Gasteiger partial charge in [-0.2, -0.15) is 5.10 Å². The predicted octanol–water partition coefficient (Wildman–Crippen LogP) is 3.30. The van der Waals surface area contributed by atoms with Crippen molar-refractivity contribution in [1.82, 2.24) is 15.1 Å². The lowest BCUT2D eigenvalue weighted by atomic mass is 10.0. The van der Waals surface area contributed by atoms with Crippen LogP contribution in [0.4, 0.5) is 0 Å². The molecule has 1 aliphatic rings. The summed E-state index contributed by atoms with van der Waals surface area (Å²) in [4.78, 5) is 11.0. The molecule has 128 valence electrons. The molecule has 1 amide bonds. The Morgan fingerprint density at radius 3 is 1.86 bits per heavy atom.